The molecule has 0 unspecified atom stereocenters. The fourth-order valence-corrected chi connectivity index (χ4v) is 4.51. The van der Waals surface area contributed by atoms with E-state index in [0.717, 1.165) is 6.04 Å². The number of hydrogen-bond donors (Lipinski definition) is 0. The Morgan fingerprint density at radius 2 is 1.28 bits per heavy atom. The summed E-state index contributed by atoms with van der Waals surface area (Å²) in [5, 5.41) is 0. The predicted molar refractivity (Wildman–Crippen MR) is 75.5 cm³/mol. The molecule has 3 nitrogen and oxygen atoms in total. The van der Waals surface area contributed by atoms with Crippen molar-refractivity contribution in [1.82, 2.24) is 0 Å². The Kier molecular flexibility index (Phi) is 6.57. The van der Waals surface area contributed by atoms with Crippen LogP contribution in [0.5, 0.6) is 0 Å². The molecule has 0 saturated heterocycles. The topological polar surface area (TPSA) is 27.7 Å². The molecule has 1 aromatic rings. The first-order valence-electron chi connectivity index (χ1n) is 6.63. The van der Waals surface area contributed by atoms with Gasteiger partial charge in [-0.3, -0.25) is 0 Å². The maximum atomic E-state index is 5.84. The normalized spacial score (nSPS) is 11.8. The molecule has 0 saturated carbocycles. The zero-order valence-corrected chi connectivity index (χ0v) is 12.9. The first-order chi connectivity index (χ1) is 8.65. The molecule has 0 atom stereocenters. The van der Waals surface area contributed by atoms with E-state index in [2.05, 4.69) is 31.2 Å². The van der Waals surface area contributed by atoms with Crippen molar-refractivity contribution in [2.75, 3.05) is 19.8 Å². The Balaban J connectivity index is 2.84. The van der Waals surface area contributed by atoms with Crippen LogP contribution in [0.2, 0.25) is 0 Å². The van der Waals surface area contributed by atoms with Gasteiger partial charge >= 0.3 is 8.80 Å². The molecule has 0 spiro atoms. The maximum Gasteiger partial charge on any atom is 0.505 e. The van der Waals surface area contributed by atoms with Crippen molar-refractivity contribution in [2.45, 2.75) is 33.7 Å². The van der Waals surface area contributed by atoms with Crippen molar-refractivity contribution in [1.29, 1.82) is 0 Å². The second kappa shape index (κ2) is 7.69. The molecule has 0 fully saturated rings. The van der Waals surface area contributed by atoms with Crippen LogP contribution in [0.3, 0.4) is 0 Å². The van der Waals surface area contributed by atoms with E-state index >= 15 is 0 Å². The molecule has 102 valence electrons. The van der Waals surface area contributed by atoms with Gasteiger partial charge in [0.25, 0.3) is 0 Å². The molecular weight excluding hydrogens is 244 g/mol. The summed E-state index contributed by atoms with van der Waals surface area (Å²) in [7, 11) is -2.55. The number of aryl methyl sites for hydroxylation is 1. The van der Waals surface area contributed by atoms with Crippen molar-refractivity contribution in [3.8, 4) is 0 Å². The zero-order chi connectivity index (χ0) is 13.4. The second-order valence-corrected chi connectivity index (χ2v) is 6.73. The minimum absolute atomic E-state index is 0.623. The summed E-state index contributed by atoms with van der Waals surface area (Å²) in [6, 6.07) is 9.20. The first-order valence-corrected chi connectivity index (χ1v) is 8.56. The molecule has 0 aromatic heterocycles. The van der Waals surface area contributed by atoms with E-state index in [4.69, 9.17) is 13.3 Å². The third-order valence-electron chi connectivity index (χ3n) is 2.63. The van der Waals surface area contributed by atoms with Crippen molar-refractivity contribution >= 4 is 8.80 Å². The van der Waals surface area contributed by atoms with Crippen LogP contribution >= 0.6 is 0 Å². The van der Waals surface area contributed by atoms with E-state index in [1.807, 2.05) is 20.8 Å². The van der Waals surface area contributed by atoms with Crippen molar-refractivity contribution < 1.29 is 13.3 Å². The summed E-state index contributed by atoms with van der Waals surface area (Å²) < 4.78 is 17.5. The molecule has 0 radical (unpaired) electrons. The average molecular weight is 268 g/mol. The monoisotopic (exact) mass is 268 g/mol. The summed E-state index contributed by atoms with van der Waals surface area (Å²) in [5.74, 6) is 0. The van der Waals surface area contributed by atoms with Crippen LogP contribution in [0.25, 0.3) is 0 Å². The highest BCUT2D eigenvalue weighted by Gasteiger charge is 2.40. The number of rotatable bonds is 8. The second-order valence-electron chi connectivity index (χ2n) is 4.14. The quantitative estimate of drug-likeness (QED) is 0.678. The highest BCUT2D eigenvalue weighted by atomic mass is 28.4. The summed E-state index contributed by atoms with van der Waals surface area (Å²) in [4.78, 5) is 0. The Labute approximate surface area is 111 Å². The van der Waals surface area contributed by atoms with Crippen LogP contribution in [0.1, 0.15) is 31.9 Å². The molecule has 1 aromatic carbocycles. The molecule has 0 aliphatic rings. The van der Waals surface area contributed by atoms with Crippen LogP contribution in [0.4, 0.5) is 0 Å². The lowest BCUT2D eigenvalue weighted by Crippen LogP contribution is -2.48. The van der Waals surface area contributed by atoms with E-state index in [9.17, 15) is 0 Å². The van der Waals surface area contributed by atoms with E-state index < -0.39 is 8.80 Å². The smallest absolute Gasteiger partial charge is 0.374 e. The van der Waals surface area contributed by atoms with Gasteiger partial charge < -0.3 is 13.3 Å². The minimum atomic E-state index is -2.55. The lowest BCUT2D eigenvalue weighted by atomic mass is 10.2. The maximum absolute atomic E-state index is 5.84. The minimum Gasteiger partial charge on any atom is -0.374 e. The zero-order valence-electron chi connectivity index (χ0n) is 11.9. The van der Waals surface area contributed by atoms with E-state index in [1.54, 1.807) is 0 Å². The first kappa shape index (κ1) is 15.4. The summed E-state index contributed by atoms with van der Waals surface area (Å²) in [6.07, 6.45) is 0. The van der Waals surface area contributed by atoms with Gasteiger partial charge in [0.1, 0.15) is 0 Å². The number of hydrogen-bond acceptors (Lipinski definition) is 3. The third-order valence-corrected chi connectivity index (χ3v) is 5.66. The van der Waals surface area contributed by atoms with Gasteiger partial charge in [0, 0.05) is 25.9 Å². The highest BCUT2D eigenvalue weighted by molar-refractivity contribution is 6.60. The van der Waals surface area contributed by atoms with Crippen LogP contribution < -0.4 is 0 Å². The lowest BCUT2D eigenvalue weighted by Gasteiger charge is -2.28. The van der Waals surface area contributed by atoms with E-state index in [0.29, 0.717) is 19.8 Å². The fourth-order valence-electron chi connectivity index (χ4n) is 1.89. The fraction of sp³-hybridized carbons (Fsp3) is 0.571. The standard InChI is InChI=1S/C14H24O3Si/c1-5-15-18(16-6-2,17-7-3)12-14-10-8-13(4)9-11-14/h8-11H,5-7,12H2,1-4H3. The molecule has 18 heavy (non-hydrogen) atoms. The van der Waals surface area contributed by atoms with Crippen molar-refractivity contribution in [3.05, 3.63) is 35.4 Å². The predicted octanol–water partition coefficient (Wildman–Crippen LogP) is 3.13. The Bertz CT molecular complexity index is 320. The van der Waals surface area contributed by atoms with Crippen LogP contribution in [0.15, 0.2) is 24.3 Å². The molecule has 0 amide bonds. The Morgan fingerprint density at radius 1 is 0.833 bits per heavy atom. The molecule has 1 rings (SSSR count). The third kappa shape index (κ3) is 4.53. The number of benzene rings is 1. The molecule has 0 aliphatic carbocycles. The summed E-state index contributed by atoms with van der Waals surface area (Å²) >= 11 is 0. The van der Waals surface area contributed by atoms with Gasteiger partial charge in [-0.05, 0) is 33.3 Å². The van der Waals surface area contributed by atoms with Crippen molar-refractivity contribution in [3.63, 3.8) is 0 Å². The van der Waals surface area contributed by atoms with Crippen molar-refractivity contribution in [2.24, 2.45) is 0 Å². The molecular formula is C14H24O3Si. The van der Waals surface area contributed by atoms with Gasteiger partial charge in [-0.2, -0.15) is 0 Å². The summed E-state index contributed by atoms with van der Waals surface area (Å²) in [5.41, 5.74) is 2.47. The Morgan fingerprint density at radius 3 is 1.67 bits per heavy atom. The highest BCUT2D eigenvalue weighted by Crippen LogP contribution is 2.17. The Hall–Kier alpha value is -0.683. The van der Waals surface area contributed by atoms with Crippen LogP contribution in [-0.2, 0) is 19.3 Å². The SMILES string of the molecule is CCO[Si](Cc1ccc(C)cc1)(OCC)OCC. The lowest BCUT2D eigenvalue weighted by molar-refractivity contribution is 0.0704. The van der Waals surface area contributed by atoms with Crippen LogP contribution in [0, 0.1) is 6.92 Å². The van der Waals surface area contributed by atoms with Gasteiger partial charge in [-0.25, -0.2) is 0 Å². The molecule has 0 aliphatic heterocycles. The van der Waals surface area contributed by atoms with Gasteiger partial charge in [-0.1, -0.05) is 29.8 Å². The molecule has 0 N–H and O–H groups in total. The van der Waals surface area contributed by atoms with Gasteiger partial charge in [0.2, 0.25) is 0 Å². The van der Waals surface area contributed by atoms with Gasteiger partial charge in [-0.15, -0.1) is 0 Å². The average Bonchev–Trinajstić information content (AvgIpc) is 2.33. The van der Waals surface area contributed by atoms with E-state index in [-0.39, 0.29) is 0 Å². The van der Waals surface area contributed by atoms with Crippen LogP contribution in [-0.4, -0.2) is 28.6 Å². The van der Waals surface area contributed by atoms with Gasteiger partial charge in [0.05, 0.1) is 0 Å². The molecule has 0 bridgehead atoms. The summed E-state index contributed by atoms with van der Waals surface area (Å²) in [6.45, 7) is 9.90. The van der Waals surface area contributed by atoms with E-state index in [1.165, 1.54) is 11.1 Å². The molecule has 0 heterocycles. The largest absolute Gasteiger partial charge is 0.505 e. The molecule has 4 heteroatoms. The van der Waals surface area contributed by atoms with Gasteiger partial charge in [0.15, 0.2) is 0 Å².